The summed E-state index contributed by atoms with van der Waals surface area (Å²) in [6, 6.07) is 15.5. The van der Waals surface area contributed by atoms with E-state index in [0.717, 1.165) is 16.0 Å². The zero-order valence-electron chi connectivity index (χ0n) is 15.0. The monoisotopic (exact) mass is 400 g/mol. The van der Waals surface area contributed by atoms with Gasteiger partial charge in [0.25, 0.3) is 5.91 Å². The molecule has 7 heteroatoms. The first-order valence-corrected chi connectivity index (χ1v) is 10.7. The molecule has 2 aromatic carbocycles. The molecule has 1 aromatic heterocycles. The van der Waals surface area contributed by atoms with Crippen molar-refractivity contribution in [1.29, 1.82) is 0 Å². The fourth-order valence-corrected chi connectivity index (χ4v) is 4.40. The number of carbonyl (C=O) groups is 1. The van der Waals surface area contributed by atoms with Gasteiger partial charge in [0, 0.05) is 22.7 Å². The zero-order chi connectivity index (χ0) is 19.4. The molecule has 5 nitrogen and oxygen atoms in total. The van der Waals surface area contributed by atoms with Crippen molar-refractivity contribution in [3.63, 3.8) is 0 Å². The van der Waals surface area contributed by atoms with Crippen molar-refractivity contribution >= 4 is 33.0 Å². The van der Waals surface area contributed by atoms with Crippen LogP contribution in [0, 0.1) is 13.8 Å². The van der Waals surface area contributed by atoms with Crippen molar-refractivity contribution in [1.82, 2.24) is 4.72 Å². The van der Waals surface area contributed by atoms with Gasteiger partial charge in [-0.3, -0.25) is 4.79 Å². The van der Waals surface area contributed by atoms with Gasteiger partial charge in [-0.1, -0.05) is 29.8 Å². The van der Waals surface area contributed by atoms with E-state index in [4.69, 9.17) is 0 Å². The third-order valence-corrected chi connectivity index (χ3v) is 6.33. The highest BCUT2D eigenvalue weighted by molar-refractivity contribution is 7.89. The molecular weight excluding hydrogens is 380 g/mol. The highest BCUT2D eigenvalue weighted by Gasteiger charge is 2.17. The lowest BCUT2D eigenvalue weighted by atomic mass is 10.1. The first kappa shape index (κ1) is 19.3. The summed E-state index contributed by atoms with van der Waals surface area (Å²) in [6.45, 7) is 4.12. The summed E-state index contributed by atoms with van der Waals surface area (Å²) in [5.41, 5.74) is 3.05. The van der Waals surface area contributed by atoms with Gasteiger partial charge in [0.05, 0.1) is 4.90 Å². The molecule has 2 N–H and O–H groups in total. The minimum absolute atomic E-state index is 0.0623. The van der Waals surface area contributed by atoms with Crippen LogP contribution in [0.15, 0.2) is 64.9 Å². The molecule has 140 valence electrons. The highest BCUT2D eigenvalue weighted by Crippen LogP contribution is 2.19. The number of rotatable bonds is 6. The van der Waals surface area contributed by atoms with Crippen molar-refractivity contribution in [2.45, 2.75) is 25.3 Å². The Morgan fingerprint density at radius 3 is 2.56 bits per heavy atom. The van der Waals surface area contributed by atoms with Gasteiger partial charge in [0.1, 0.15) is 0 Å². The molecule has 0 spiro atoms. The highest BCUT2D eigenvalue weighted by atomic mass is 32.2. The molecule has 0 aliphatic carbocycles. The Labute approximate surface area is 163 Å². The Kier molecular flexibility index (Phi) is 5.74. The zero-order valence-corrected chi connectivity index (χ0v) is 16.7. The summed E-state index contributed by atoms with van der Waals surface area (Å²) in [5.74, 6) is -0.350. The lowest BCUT2D eigenvalue weighted by Gasteiger charge is -2.11. The maximum absolute atomic E-state index is 12.6. The van der Waals surface area contributed by atoms with E-state index < -0.39 is 10.0 Å². The first-order valence-electron chi connectivity index (χ1n) is 8.36. The van der Waals surface area contributed by atoms with Crippen molar-refractivity contribution < 1.29 is 13.2 Å². The molecule has 0 unspecified atom stereocenters. The van der Waals surface area contributed by atoms with Crippen LogP contribution in [0.2, 0.25) is 0 Å². The van der Waals surface area contributed by atoms with E-state index in [2.05, 4.69) is 10.0 Å². The number of hydrogen-bond acceptors (Lipinski definition) is 4. The fourth-order valence-electron chi connectivity index (χ4n) is 2.62. The van der Waals surface area contributed by atoms with Crippen LogP contribution in [0.4, 0.5) is 5.69 Å². The molecule has 1 heterocycles. The molecule has 0 aliphatic heterocycles. The van der Waals surface area contributed by atoms with Crippen LogP contribution >= 0.6 is 11.3 Å². The van der Waals surface area contributed by atoms with E-state index >= 15 is 0 Å². The number of carbonyl (C=O) groups excluding carboxylic acids is 1. The van der Waals surface area contributed by atoms with E-state index in [0.29, 0.717) is 5.69 Å². The number of amides is 1. The number of sulfonamides is 1. The average molecular weight is 401 g/mol. The Hall–Kier alpha value is -2.48. The van der Waals surface area contributed by atoms with E-state index in [1.165, 1.54) is 23.5 Å². The van der Waals surface area contributed by atoms with Crippen LogP contribution < -0.4 is 10.0 Å². The van der Waals surface area contributed by atoms with Crippen LogP contribution in [0.1, 0.15) is 26.4 Å². The van der Waals surface area contributed by atoms with Crippen molar-refractivity contribution in [2.24, 2.45) is 0 Å². The predicted octanol–water partition coefficient (Wildman–Crippen LogP) is 4.10. The summed E-state index contributed by atoms with van der Waals surface area (Å²) >= 11 is 1.48. The number of aryl methyl sites for hydroxylation is 2. The van der Waals surface area contributed by atoms with E-state index in [9.17, 15) is 13.2 Å². The largest absolute Gasteiger partial charge is 0.322 e. The van der Waals surface area contributed by atoms with Gasteiger partial charge in [-0.25, -0.2) is 13.1 Å². The van der Waals surface area contributed by atoms with Crippen LogP contribution in [0.25, 0.3) is 0 Å². The second-order valence-corrected chi connectivity index (χ2v) is 9.00. The smallest absolute Gasteiger partial charge is 0.255 e. The maximum Gasteiger partial charge on any atom is 0.255 e. The second-order valence-electron chi connectivity index (χ2n) is 6.20. The predicted molar refractivity (Wildman–Crippen MR) is 109 cm³/mol. The van der Waals surface area contributed by atoms with Crippen LogP contribution in [0.3, 0.4) is 0 Å². The average Bonchev–Trinajstić information content (AvgIpc) is 3.16. The second kappa shape index (κ2) is 8.04. The van der Waals surface area contributed by atoms with Gasteiger partial charge in [0.2, 0.25) is 10.0 Å². The number of nitrogens with one attached hydrogen (secondary N) is 2. The Morgan fingerprint density at radius 2 is 1.85 bits per heavy atom. The maximum atomic E-state index is 12.6. The van der Waals surface area contributed by atoms with E-state index in [-0.39, 0.29) is 22.9 Å². The van der Waals surface area contributed by atoms with Crippen molar-refractivity contribution in [2.75, 3.05) is 5.32 Å². The van der Waals surface area contributed by atoms with Crippen LogP contribution in [-0.4, -0.2) is 14.3 Å². The van der Waals surface area contributed by atoms with E-state index in [1.54, 1.807) is 12.1 Å². The lowest BCUT2D eigenvalue weighted by molar-refractivity contribution is 0.102. The summed E-state index contributed by atoms with van der Waals surface area (Å²) in [4.78, 5) is 13.5. The quantitative estimate of drug-likeness (QED) is 0.654. The minimum atomic E-state index is -3.70. The summed E-state index contributed by atoms with van der Waals surface area (Å²) in [5, 5.41) is 4.72. The normalized spacial score (nSPS) is 11.3. The molecule has 0 bridgehead atoms. The Morgan fingerprint density at radius 1 is 1.04 bits per heavy atom. The topological polar surface area (TPSA) is 75.3 Å². The molecule has 1 amide bonds. The SMILES string of the molecule is Cc1ccc(NC(=O)c2cccc(S(=O)(=O)NCc3cccs3)c2)c(C)c1. The third-order valence-electron chi connectivity index (χ3n) is 4.05. The molecule has 3 aromatic rings. The standard InChI is InChI=1S/C20H20N2O3S2/c1-14-8-9-19(15(2)11-14)22-20(23)16-5-3-7-18(12-16)27(24,25)21-13-17-6-4-10-26-17/h3-12,21H,13H2,1-2H3,(H,22,23). The molecular formula is C20H20N2O3S2. The molecule has 27 heavy (non-hydrogen) atoms. The first-order chi connectivity index (χ1) is 12.8. The summed E-state index contributed by atoms with van der Waals surface area (Å²) in [7, 11) is -3.70. The van der Waals surface area contributed by atoms with Crippen molar-refractivity contribution in [3.05, 3.63) is 81.5 Å². The fraction of sp³-hybridized carbons (Fsp3) is 0.150. The minimum Gasteiger partial charge on any atom is -0.322 e. The lowest BCUT2D eigenvalue weighted by Crippen LogP contribution is -2.23. The van der Waals surface area contributed by atoms with Crippen LogP contribution in [-0.2, 0) is 16.6 Å². The van der Waals surface area contributed by atoms with Gasteiger partial charge in [-0.05, 0) is 55.1 Å². The van der Waals surface area contributed by atoms with Crippen molar-refractivity contribution in [3.8, 4) is 0 Å². The molecule has 0 saturated heterocycles. The van der Waals surface area contributed by atoms with Gasteiger partial charge in [0.15, 0.2) is 0 Å². The molecule has 3 rings (SSSR count). The molecule has 0 aliphatic rings. The van der Waals surface area contributed by atoms with Crippen LogP contribution in [0.5, 0.6) is 0 Å². The number of benzene rings is 2. The molecule has 0 fully saturated rings. The number of thiophene rings is 1. The van der Waals surface area contributed by atoms with Gasteiger partial charge >= 0.3 is 0 Å². The summed E-state index contributed by atoms with van der Waals surface area (Å²) < 4.78 is 27.6. The third kappa shape index (κ3) is 4.82. The number of anilines is 1. The molecule has 0 saturated carbocycles. The molecule has 0 atom stereocenters. The Bertz CT molecular complexity index is 1060. The summed E-state index contributed by atoms with van der Waals surface area (Å²) in [6.07, 6.45) is 0. The molecule has 0 radical (unpaired) electrons. The van der Waals surface area contributed by atoms with Gasteiger partial charge in [-0.2, -0.15) is 0 Å². The Balaban J connectivity index is 1.76. The van der Waals surface area contributed by atoms with Gasteiger partial charge < -0.3 is 5.32 Å². The van der Waals surface area contributed by atoms with E-state index in [1.807, 2.05) is 49.6 Å². The van der Waals surface area contributed by atoms with Gasteiger partial charge in [-0.15, -0.1) is 11.3 Å². The number of hydrogen-bond donors (Lipinski definition) is 2.